The molecule has 1 N–H and O–H groups in total. The molecule has 0 atom stereocenters. The second-order valence-electron chi connectivity index (χ2n) is 6.31. The second-order valence-corrected chi connectivity index (χ2v) is 8.35. The molecule has 5 nitrogen and oxygen atoms in total. The maximum absolute atomic E-state index is 12.4. The lowest BCUT2D eigenvalue weighted by atomic mass is 10.1. The molecular formula is C15H24N2O3S. The van der Waals surface area contributed by atoms with Gasteiger partial charge in [-0.15, -0.1) is 0 Å². The molecule has 21 heavy (non-hydrogen) atoms. The molecule has 6 heteroatoms. The number of sulfonamides is 1. The molecule has 0 unspecified atom stereocenters. The summed E-state index contributed by atoms with van der Waals surface area (Å²) in [7, 11) is -2.25. The number of rotatable bonds is 4. The van der Waals surface area contributed by atoms with Gasteiger partial charge in [-0.3, -0.25) is 4.79 Å². The third-order valence-corrected chi connectivity index (χ3v) is 4.87. The van der Waals surface area contributed by atoms with Crippen molar-refractivity contribution in [3.8, 4) is 0 Å². The van der Waals surface area contributed by atoms with Crippen molar-refractivity contribution in [1.82, 2.24) is 9.62 Å². The van der Waals surface area contributed by atoms with Gasteiger partial charge in [0.05, 0.1) is 11.4 Å². The van der Waals surface area contributed by atoms with Crippen LogP contribution in [0.2, 0.25) is 0 Å². The standard InChI is InChI=1S/C15H24N2O3S/c1-11-7-8-13(9-12(11)2)21(19,20)17(6)10-14(18)16-15(3,4)5/h7-9H,10H2,1-6H3,(H,16,18). The van der Waals surface area contributed by atoms with E-state index in [-0.39, 0.29) is 22.9 Å². The summed E-state index contributed by atoms with van der Waals surface area (Å²) in [5.74, 6) is -0.322. The first-order chi connectivity index (χ1) is 9.43. The number of nitrogens with zero attached hydrogens (tertiary/aromatic N) is 1. The van der Waals surface area contributed by atoms with E-state index in [0.29, 0.717) is 0 Å². The van der Waals surface area contributed by atoms with E-state index in [1.807, 2.05) is 34.6 Å². The van der Waals surface area contributed by atoms with Gasteiger partial charge in [0, 0.05) is 12.6 Å². The van der Waals surface area contributed by atoms with Gasteiger partial charge in [0.1, 0.15) is 0 Å². The summed E-state index contributed by atoms with van der Waals surface area (Å²) >= 11 is 0. The van der Waals surface area contributed by atoms with Gasteiger partial charge in [-0.25, -0.2) is 8.42 Å². The van der Waals surface area contributed by atoms with Crippen molar-refractivity contribution in [2.75, 3.05) is 13.6 Å². The van der Waals surface area contributed by atoms with Crippen LogP contribution in [0.1, 0.15) is 31.9 Å². The lowest BCUT2D eigenvalue weighted by Crippen LogP contribution is -2.46. The Balaban J connectivity index is 2.92. The van der Waals surface area contributed by atoms with Gasteiger partial charge in [0.2, 0.25) is 15.9 Å². The lowest BCUT2D eigenvalue weighted by molar-refractivity contribution is -0.122. The predicted molar refractivity (Wildman–Crippen MR) is 83.6 cm³/mol. The Kier molecular flexibility index (Phi) is 5.17. The largest absolute Gasteiger partial charge is 0.350 e. The van der Waals surface area contributed by atoms with E-state index in [4.69, 9.17) is 0 Å². The number of hydrogen-bond donors (Lipinski definition) is 1. The fourth-order valence-corrected chi connectivity index (χ4v) is 3.01. The zero-order valence-corrected chi connectivity index (χ0v) is 14.3. The Morgan fingerprint density at radius 2 is 1.76 bits per heavy atom. The zero-order chi connectivity index (χ0) is 16.4. The highest BCUT2D eigenvalue weighted by atomic mass is 32.2. The Hall–Kier alpha value is -1.40. The van der Waals surface area contributed by atoms with E-state index in [9.17, 15) is 13.2 Å². The molecule has 0 saturated heterocycles. The van der Waals surface area contributed by atoms with Crippen molar-refractivity contribution in [2.45, 2.75) is 45.1 Å². The Morgan fingerprint density at radius 3 is 2.24 bits per heavy atom. The molecular weight excluding hydrogens is 288 g/mol. The van der Waals surface area contributed by atoms with Crippen LogP contribution in [-0.2, 0) is 14.8 Å². The van der Waals surface area contributed by atoms with Crippen LogP contribution >= 0.6 is 0 Å². The van der Waals surface area contributed by atoms with E-state index in [1.165, 1.54) is 7.05 Å². The molecule has 0 bridgehead atoms. The van der Waals surface area contributed by atoms with Crippen molar-refractivity contribution in [2.24, 2.45) is 0 Å². The van der Waals surface area contributed by atoms with E-state index < -0.39 is 10.0 Å². The number of carbonyl (C=O) groups excluding carboxylic acids is 1. The van der Waals surface area contributed by atoms with Gasteiger partial charge in [-0.1, -0.05) is 6.07 Å². The molecule has 0 radical (unpaired) electrons. The smallest absolute Gasteiger partial charge is 0.243 e. The van der Waals surface area contributed by atoms with Gasteiger partial charge >= 0.3 is 0 Å². The van der Waals surface area contributed by atoms with E-state index in [1.54, 1.807) is 18.2 Å². The Labute approximate surface area is 127 Å². The maximum atomic E-state index is 12.4. The summed E-state index contributed by atoms with van der Waals surface area (Å²) in [4.78, 5) is 12.1. The number of carbonyl (C=O) groups is 1. The van der Waals surface area contributed by atoms with Crippen molar-refractivity contribution in [3.63, 3.8) is 0 Å². The number of likely N-dealkylation sites (N-methyl/N-ethyl adjacent to an activating group) is 1. The molecule has 0 saturated carbocycles. The van der Waals surface area contributed by atoms with Gasteiger partial charge < -0.3 is 5.32 Å². The maximum Gasteiger partial charge on any atom is 0.243 e. The number of benzene rings is 1. The number of hydrogen-bond acceptors (Lipinski definition) is 3. The van der Waals surface area contributed by atoms with Gasteiger partial charge in [-0.05, 0) is 57.9 Å². The predicted octanol–water partition coefficient (Wildman–Crippen LogP) is 1.84. The molecule has 0 spiro atoms. The molecule has 0 heterocycles. The highest BCUT2D eigenvalue weighted by molar-refractivity contribution is 7.89. The molecule has 118 valence electrons. The van der Waals surface area contributed by atoms with Crippen molar-refractivity contribution < 1.29 is 13.2 Å². The minimum Gasteiger partial charge on any atom is -0.350 e. The van der Waals surface area contributed by atoms with E-state index >= 15 is 0 Å². The average Bonchev–Trinajstić information content (AvgIpc) is 2.29. The summed E-state index contributed by atoms with van der Waals surface area (Å²) in [5.41, 5.74) is 1.55. The fraction of sp³-hybridized carbons (Fsp3) is 0.533. The summed E-state index contributed by atoms with van der Waals surface area (Å²) in [6.45, 7) is 9.13. The normalized spacial score (nSPS) is 12.5. The molecule has 1 aromatic carbocycles. The monoisotopic (exact) mass is 312 g/mol. The van der Waals surface area contributed by atoms with E-state index in [0.717, 1.165) is 15.4 Å². The molecule has 0 aliphatic carbocycles. The van der Waals surface area contributed by atoms with Crippen LogP contribution in [0.3, 0.4) is 0 Å². The van der Waals surface area contributed by atoms with Gasteiger partial charge in [0.15, 0.2) is 0 Å². The van der Waals surface area contributed by atoms with Gasteiger partial charge in [-0.2, -0.15) is 4.31 Å². The van der Waals surface area contributed by atoms with Crippen LogP contribution in [-0.4, -0.2) is 37.8 Å². The van der Waals surface area contributed by atoms with Crippen LogP contribution in [0.15, 0.2) is 23.1 Å². The third-order valence-electron chi connectivity index (χ3n) is 3.07. The lowest BCUT2D eigenvalue weighted by Gasteiger charge is -2.23. The topological polar surface area (TPSA) is 66.5 Å². The Bertz CT molecular complexity index is 631. The van der Waals surface area contributed by atoms with E-state index in [2.05, 4.69) is 5.32 Å². The van der Waals surface area contributed by atoms with Crippen molar-refractivity contribution in [1.29, 1.82) is 0 Å². The first-order valence-electron chi connectivity index (χ1n) is 6.78. The van der Waals surface area contributed by atoms with Gasteiger partial charge in [0.25, 0.3) is 0 Å². The molecule has 0 aliphatic rings. The number of amides is 1. The zero-order valence-electron chi connectivity index (χ0n) is 13.5. The highest BCUT2D eigenvalue weighted by Crippen LogP contribution is 2.18. The first kappa shape index (κ1) is 17.7. The average molecular weight is 312 g/mol. The molecule has 1 rings (SSSR count). The minimum atomic E-state index is -3.66. The van der Waals surface area contributed by atoms with Crippen LogP contribution in [0, 0.1) is 13.8 Å². The van der Waals surface area contributed by atoms with Crippen LogP contribution in [0.5, 0.6) is 0 Å². The van der Waals surface area contributed by atoms with Crippen LogP contribution in [0.4, 0.5) is 0 Å². The highest BCUT2D eigenvalue weighted by Gasteiger charge is 2.24. The molecule has 0 aromatic heterocycles. The molecule has 0 fully saturated rings. The first-order valence-corrected chi connectivity index (χ1v) is 8.22. The Morgan fingerprint density at radius 1 is 1.19 bits per heavy atom. The summed E-state index contributed by atoms with van der Waals surface area (Å²) in [6, 6.07) is 4.96. The molecule has 1 aromatic rings. The third kappa shape index (κ3) is 4.82. The summed E-state index contributed by atoms with van der Waals surface area (Å²) < 4.78 is 26.0. The summed E-state index contributed by atoms with van der Waals surface area (Å²) in [5, 5.41) is 2.75. The SMILES string of the molecule is Cc1ccc(S(=O)(=O)N(C)CC(=O)NC(C)(C)C)cc1C. The number of aryl methyl sites for hydroxylation is 2. The second kappa shape index (κ2) is 6.15. The molecule has 0 aliphatic heterocycles. The van der Waals surface area contributed by atoms with Crippen molar-refractivity contribution >= 4 is 15.9 Å². The van der Waals surface area contributed by atoms with Crippen LogP contribution < -0.4 is 5.32 Å². The number of nitrogens with one attached hydrogen (secondary N) is 1. The molecule has 1 amide bonds. The minimum absolute atomic E-state index is 0.202. The van der Waals surface area contributed by atoms with Crippen LogP contribution in [0.25, 0.3) is 0 Å². The summed E-state index contributed by atoms with van der Waals surface area (Å²) in [6.07, 6.45) is 0. The quantitative estimate of drug-likeness (QED) is 0.922. The fourth-order valence-electron chi connectivity index (χ4n) is 1.80. The van der Waals surface area contributed by atoms with Crippen molar-refractivity contribution in [3.05, 3.63) is 29.3 Å².